The van der Waals surface area contributed by atoms with E-state index < -0.39 is 5.76 Å². The van der Waals surface area contributed by atoms with E-state index in [-0.39, 0.29) is 30.1 Å². The number of nitrogens with zero attached hydrogens (tertiary/aromatic N) is 3. The van der Waals surface area contributed by atoms with Crippen molar-refractivity contribution in [3.8, 4) is 11.4 Å². The zero-order valence-electron chi connectivity index (χ0n) is 16.9. The van der Waals surface area contributed by atoms with Crippen LogP contribution in [-0.4, -0.2) is 52.3 Å². The largest absolute Gasteiger partial charge is 0.439 e. The Morgan fingerprint density at radius 1 is 1.23 bits per heavy atom. The van der Waals surface area contributed by atoms with E-state index in [1.165, 1.54) is 0 Å². The summed E-state index contributed by atoms with van der Waals surface area (Å²) in [7, 11) is 0. The highest BCUT2D eigenvalue weighted by Crippen LogP contribution is 2.19. The quantitative estimate of drug-likeness (QED) is 0.525. The summed E-state index contributed by atoms with van der Waals surface area (Å²) in [6.07, 6.45) is 0.382. The van der Waals surface area contributed by atoms with Crippen molar-refractivity contribution in [1.82, 2.24) is 20.1 Å². The summed E-state index contributed by atoms with van der Waals surface area (Å²) in [6.45, 7) is 4.31. The second kappa shape index (κ2) is 8.96. The third-order valence-electron chi connectivity index (χ3n) is 4.98. The topological polar surface area (TPSA) is 146 Å². The van der Waals surface area contributed by atoms with Crippen molar-refractivity contribution < 1.29 is 14.1 Å². The van der Waals surface area contributed by atoms with Crippen molar-refractivity contribution in [2.24, 2.45) is 0 Å². The number of H-pyrrole nitrogens is 2. The predicted octanol–water partition coefficient (Wildman–Crippen LogP) is 0.830. The molecule has 1 fully saturated rings. The highest BCUT2D eigenvalue weighted by Gasteiger charge is 2.17. The second-order valence-corrected chi connectivity index (χ2v) is 7.13. The van der Waals surface area contributed by atoms with Gasteiger partial charge in [-0.2, -0.15) is 0 Å². The van der Waals surface area contributed by atoms with Crippen LogP contribution >= 0.6 is 0 Å². The number of carbonyl (C=O) groups excluding carboxylic acids is 1. The van der Waals surface area contributed by atoms with E-state index in [2.05, 4.69) is 29.9 Å². The van der Waals surface area contributed by atoms with Gasteiger partial charge in [-0.05, 0) is 25.5 Å². The summed E-state index contributed by atoms with van der Waals surface area (Å²) in [4.78, 5) is 47.8. The minimum Gasteiger partial charge on any atom is -0.378 e. The van der Waals surface area contributed by atoms with Crippen LogP contribution in [0.25, 0.3) is 11.4 Å². The molecule has 1 aliphatic rings. The number of aromatic amines is 2. The monoisotopic (exact) mass is 426 g/mol. The number of aromatic nitrogens is 4. The van der Waals surface area contributed by atoms with Crippen molar-refractivity contribution in [2.75, 3.05) is 36.5 Å². The van der Waals surface area contributed by atoms with Crippen LogP contribution in [0.1, 0.15) is 17.7 Å². The van der Waals surface area contributed by atoms with Crippen LogP contribution in [-0.2, 0) is 16.0 Å². The number of hydrogen-bond acceptors (Lipinski definition) is 8. The minimum absolute atomic E-state index is 0.119. The number of morpholine rings is 1. The maximum absolute atomic E-state index is 12.5. The van der Waals surface area contributed by atoms with Crippen molar-refractivity contribution in [2.45, 2.75) is 19.8 Å². The molecule has 0 atom stereocenters. The van der Waals surface area contributed by atoms with E-state index in [0.29, 0.717) is 54.8 Å². The fourth-order valence-corrected chi connectivity index (χ4v) is 3.38. The summed E-state index contributed by atoms with van der Waals surface area (Å²) < 4.78 is 9.82. The van der Waals surface area contributed by atoms with E-state index in [4.69, 9.17) is 4.74 Å². The molecule has 1 amide bonds. The maximum Gasteiger partial charge on any atom is 0.439 e. The first-order valence-corrected chi connectivity index (χ1v) is 9.88. The fraction of sp³-hybridized carbons (Fsp3) is 0.350. The smallest absolute Gasteiger partial charge is 0.378 e. The summed E-state index contributed by atoms with van der Waals surface area (Å²) >= 11 is 0. The molecule has 2 aromatic heterocycles. The van der Waals surface area contributed by atoms with Crippen LogP contribution in [0, 0.1) is 6.92 Å². The molecule has 1 saturated heterocycles. The van der Waals surface area contributed by atoms with Gasteiger partial charge in [0, 0.05) is 42.0 Å². The lowest BCUT2D eigenvalue weighted by molar-refractivity contribution is -0.116. The molecule has 0 radical (unpaired) electrons. The number of ether oxygens (including phenoxy) is 1. The zero-order valence-corrected chi connectivity index (χ0v) is 16.9. The number of rotatable bonds is 6. The molecule has 0 unspecified atom stereocenters. The van der Waals surface area contributed by atoms with E-state index in [1.807, 2.05) is 4.90 Å². The summed E-state index contributed by atoms with van der Waals surface area (Å²) in [5.41, 5.74) is 1.99. The van der Waals surface area contributed by atoms with Gasteiger partial charge in [-0.25, -0.2) is 9.78 Å². The summed E-state index contributed by atoms with van der Waals surface area (Å²) in [6, 6.07) is 6.84. The van der Waals surface area contributed by atoms with Gasteiger partial charge in [0.25, 0.3) is 5.56 Å². The average molecular weight is 426 g/mol. The van der Waals surface area contributed by atoms with Crippen LogP contribution in [0.4, 0.5) is 11.6 Å². The Bertz CT molecular complexity index is 1190. The number of nitrogens with one attached hydrogen (secondary N) is 3. The van der Waals surface area contributed by atoms with Crippen molar-refractivity contribution in [3.05, 3.63) is 56.4 Å². The Balaban J connectivity index is 1.40. The number of amides is 1. The van der Waals surface area contributed by atoms with E-state index in [1.54, 1.807) is 31.2 Å². The zero-order chi connectivity index (χ0) is 21.8. The molecule has 11 nitrogen and oxygen atoms in total. The molecule has 3 N–H and O–H groups in total. The van der Waals surface area contributed by atoms with Gasteiger partial charge < -0.3 is 15.0 Å². The van der Waals surface area contributed by atoms with Gasteiger partial charge in [0.1, 0.15) is 0 Å². The number of hydrogen-bond donors (Lipinski definition) is 3. The second-order valence-electron chi connectivity index (χ2n) is 7.13. The van der Waals surface area contributed by atoms with Gasteiger partial charge in [-0.3, -0.25) is 24.1 Å². The lowest BCUT2D eigenvalue weighted by Crippen LogP contribution is -2.38. The highest BCUT2D eigenvalue weighted by molar-refractivity contribution is 5.91. The van der Waals surface area contributed by atoms with Gasteiger partial charge >= 0.3 is 5.76 Å². The Hall–Kier alpha value is -3.73. The lowest BCUT2D eigenvalue weighted by Gasteiger charge is -2.27. The molecular formula is C20H22N6O5. The molecule has 0 aliphatic carbocycles. The predicted molar refractivity (Wildman–Crippen MR) is 112 cm³/mol. The normalized spacial score (nSPS) is 13.9. The molecular weight excluding hydrogens is 404 g/mol. The average Bonchev–Trinajstić information content (AvgIpc) is 3.20. The van der Waals surface area contributed by atoms with E-state index in [0.717, 1.165) is 0 Å². The van der Waals surface area contributed by atoms with Crippen LogP contribution in [0.3, 0.4) is 0 Å². The fourth-order valence-electron chi connectivity index (χ4n) is 3.38. The van der Waals surface area contributed by atoms with E-state index >= 15 is 0 Å². The first-order valence-electron chi connectivity index (χ1n) is 9.88. The van der Waals surface area contributed by atoms with Crippen molar-refractivity contribution in [3.63, 3.8) is 0 Å². The molecule has 1 aliphatic heterocycles. The van der Waals surface area contributed by atoms with Gasteiger partial charge in [-0.1, -0.05) is 17.3 Å². The molecule has 3 heterocycles. The Kier molecular flexibility index (Phi) is 5.94. The number of benzene rings is 1. The van der Waals surface area contributed by atoms with Gasteiger partial charge in [0.2, 0.25) is 11.9 Å². The molecule has 4 rings (SSSR count). The molecule has 0 saturated carbocycles. The van der Waals surface area contributed by atoms with Crippen LogP contribution in [0.15, 0.2) is 38.4 Å². The molecule has 1 aromatic carbocycles. The molecule has 3 aromatic rings. The molecule has 31 heavy (non-hydrogen) atoms. The molecule has 0 bridgehead atoms. The van der Waals surface area contributed by atoms with Gasteiger partial charge in [-0.15, -0.1) is 0 Å². The first kappa shape index (κ1) is 20.5. The Morgan fingerprint density at radius 3 is 2.74 bits per heavy atom. The third-order valence-corrected chi connectivity index (χ3v) is 4.98. The van der Waals surface area contributed by atoms with E-state index in [9.17, 15) is 14.4 Å². The number of aryl methyl sites for hydroxylation is 1. The third kappa shape index (κ3) is 4.89. The van der Waals surface area contributed by atoms with Gasteiger partial charge in [0.05, 0.1) is 13.2 Å². The Labute approximate surface area is 176 Å². The summed E-state index contributed by atoms with van der Waals surface area (Å²) in [5, 5.41) is 6.42. The highest BCUT2D eigenvalue weighted by atomic mass is 16.5. The molecule has 0 spiro atoms. The van der Waals surface area contributed by atoms with Crippen LogP contribution in [0.2, 0.25) is 0 Å². The standard InChI is InChI=1S/C20H22N6O5/c1-12-15(18(28)24-19(21-12)26-7-9-30-10-8-26)5-6-16(27)22-14-4-2-3-13(11-14)17-23-20(29)31-25-17/h2-4,11H,5-10H2,1H3,(H,22,27)(H,21,24,28)(H,23,25,29). The molecule has 11 heteroatoms. The SMILES string of the molecule is Cc1nc(N2CCOCC2)[nH]c(=O)c1CCC(=O)Nc1cccc(-c2noc(=O)[nH]2)c1. The maximum atomic E-state index is 12.5. The molecule has 162 valence electrons. The Morgan fingerprint density at radius 2 is 2.03 bits per heavy atom. The van der Waals surface area contributed by atoms with Crippen molar-refractivity contribution in [1.29, 1.82) is 0 Å². The van der Waals surface area contributed by atoms with Crippen LogP contribution in [0.5, 0.6) is 0 Å². The summed E-state index contributed by atoms with van der Waals surface area (Å²) in [5.74, 6) is -0.100. The minimum atomic E-state index is -0.654. The first-order chi connectivity index (χ1) is 15.0. The van der Waals surface area contributed by atoms with Crippen LogP contribution < -0.4 is 21.5 Å². The van der Waals surface area contributed by atoms with Crippen molar-refractivity contribution >= 4 is 17.5 Å². The number of carbonyl (C=O) groups is 1. The van der Waals surface area contributed by atoms with Gasteiger partial charge in [0.15, 0.2) is 5.82 Å². The number of anilines is 2. The lowest BCUT2D eigenvalue weighted by atomic mass is 10.1.